The highest BCUT2D eigenvalue weighted by atomic mass is 19.1. The fourth-order valence-corrected chi connectivity index (χ4v) is 1.11. The Bertz CT molecular complexity index is 551. The summed E-state index contributed by atoms with van der Waals surface area (Å²) in [6, 6.07) is 8.00. The third-order valence-electron chi connectivity index (χ3n) is 1.82. The lowest BCUT2D eigenvalue weighted by Crippen LogP contribution is -1.94. The quantitative estimate of drug-likeness (QED) is 0.721. The van der Waals surface area contributed by atoms with Gasteiger partial charge in [0.2, 0.25) is 5.88 Å². The van der Waals surface area contributed by atoms with Crippen molar-refractivity contribution in [1.29, 1.82) is 5.26 Å². The molecule has 4 nitrogen and oxygen atoms in total. The van der Waals surface area contributed by atoms with Crippen molar-refractivity contribution in [2.24, 2.45) is 0 Å². The Labute approximate surface area is 91.0 Å². The average molecular weight is 215 g/mol. The van der Waals surface area contributed by atoms with Crippen molar-refractivity contribution in [2.45, 2.75) is 0 Å². The molecule has 0 saturated carbocycles. The Balaban J connectivity index is 2.35. The predicted molar refractivity (Wildman–Crippen MR) is 53.2 cm³/mol. The van der Waals surface area contributed by atoms with Gasteiger partial charge in [-0.2, -0.15) is 9.65 Å². The summed E-state index contributed by atoms with van der Waals surface area (Å²) in [5.41, 5.74) is 0.241. The van der Waals surface area contributed by atoms with E-state index in [2.05, 4.69) is 9.97 Å². The molecule has 0 aromatic carbocycles. The summed E-state index contributed by atoms with van der Waals surface area (Å²) >= 11 is 0. The van der Waals surface area contributed by atoms with Crippen molar-refractivity contribution < 1.29 is 9.13 Å². The highest BCUT2D eigenvalue weighted by molar-refractivity contribution is 5.39. The van der Waals surface area contributed by atoms with Crippen LogP contribution in [0.3, 0.4) is 0 Å². The number of hydrogen-bond acceptors (Lipinski definition) is 4. The summed E-state index contributed by atoms with van der Waals surface area (Å²) in [5.74, 6) is -0.730. The molecule has 0 N–H and O–H groups in total. The number of ether oxygens (including phenoxy) is 1. The molecule has 0 radical (unpaired) electrons. The molecule has 0 fully saturated rings. The standard InChI is InChI=1S/C11H6FN3O/c12-10-9(4-2-5-14-10)16-11-8(7-13)3-1-6-15-11/h1-6H. The summed E-state index contributed by atoms with van der Waals surface area (Å²) in [6.45, 7) is 0. The van der Waals surface area contributed by atoms with E-state index in [4.69, 9.17) is 10.00 Å². The number of aromatic nitrogens is 2. The molecule has 2 rings (SSSR count). The fraction of sp³-hybridized carbons (Fsp3) is 0. The molecule has 0 unspecified atom stereocenters. The second-order valence-electron chi connectivity index (χ2n) is 2.86. The first-order valence-electron chi connectivity index (χ1n) is 4.45. The topological polar surface area (TPSA) is 58.8 Å². The van der Waals surface area contributed by atoms with Crippen LogP contribution in [-0.4, -0.2) is 9.97 Å². The van der Waals surface area contributed by atoms with Crippen LogP contribution in [0.15, 0.2) is 36.7 Å². The molecule has 78 valence electrons. The van der Waals surface area contributed by atoms with Crippen molar-refractivity contribution in [3.8, 4) is 17.7 Å². The van der Waals surface area contributed by atoms with Crippen LogP contribution in [0.25, 0.3) is 0 Å². The van der Waals surface area contributed by atoms with Crippen molar-refractivity contribution in [2.75, 3.05) is 0 Å². The number of halogens is 1. The van der Waals surface area contributed by atoms with Crippen LogP contribution < -0.4 is 4.74 Å². The maximum absolute atomic E-state index is 13.2. The maximum Gasteiger partial charge on any atom is 0.255 e. The molecular formula is C11H6FN3O. The van der Waals surface area contributed by atoms with Crippen LogP contribution in [0.4, 0.5) is 4.39 Å². The average Bonchev–Trinajstić information content (AvgIpc) is 2.33. The van der Waals surface area contributed by atoms with Crippen LogP contribution in [0.1, 0.15) is 5.56 Å². The van der Waals surface area contributed by atoms with Gasteiger partial charge in [0.1, 0.15) is 11.6 Å². The van der Waals surface area contributed by atoms with Gasteiger partial charge in [-0.05, 0) is 24.3 Å². The Hall–Kier alpha value is -2.48. The minimum absolute atomic E-state index is 0.0577. The minimum atomic E-state index is -0.739. The van der Waals surface area contributed by atoms with Crippen molar-refractivity contribution in [1.82, 2.24) is 9.97 Å². The van der Waals surface area contributed by atoms with E-state index in [1.807, 2.05) is 6.07 Å². The molecule has 16 heavy (non-hydrogen) atoms. The number of hydrogen-bond donors (Lipinski definition) is 0. The molecule has 0 aliphatic rings. The van der Waals surface area contributed by atoms with E-state index in [0.717, 1.165) is 0 Å². The van der Waals surface area contributed by atoms with Crippen molar-refractivity contribution >= 4 is 0 Å². The Morgan fingerprint density at radius 2 is 1.94 bits per heavy atom. The van der Waals surface area contributed by atoms with E-state index in [0.29, 0.717) is 0 Å². The van der Waals surface area contributed by atoms with Gasteiger partial charge in [0.25, 0.3) is 5.95 Å². The summed E-state index contributed by atoms with van der Waals surface area (Å²) in [4.78, 5) is 7.28. The van der Waals surface area contributed by atoms with Gasteiger partial charge in [-0.15, -0.1) is 0 Å². The van der Waals surface area contributed by atoms with E-state index in [-0.39, 0.29) is 17.2 Å². The molecule has 2 aromatic heterocycles. The largest absolute Gasteiger partial charge is 0.433 e. The summed E-state index contributed by atoms with van der Waals surface area (Å²) in [6.07, 6.45) is 2.77. The van der Waals surface area contributed by atoms with Gasteiger partial charge in [0.05, 0.1) is 0 Å². The van der Waals surface area contributed by atoms with Gasteiger partial charge >= 0.3 is 0 Å². The fourth-order valence-electron chi connectivity index (χ4n) is 1.11. The third kappa shape index (κ3) is 1.96. The highest BCUT2D eigenvalue weighted by Crippen LogP contribution is 2.23. The van der Waals surface area contributed by atoms with E-state index in [1.165, 1.54) is 30.6 Å². The molecule has 2 heterocycles. The van der Waals surface area contributed by atoms with Crippen molar-refractivity contribution in [3.63, 3.8) is 0 Å². The second-order valence-corrected chi connectivity index (χ2v) is 2.86. The zero-order chi connectivity index (χ0) is 11.4. The predicted octanol–water partition coefficient (Wildman–Crippen LogP) is 2.28. The van der Waals surface area contributed by atoms with Gasteiger partial charge < -0.3 is 4.74 Å². The first-order valence-corrected chi connectivity index (χ1v) is 4.45. The van der Waals surface area contributed by atoms with Gasteiger partial charge in [0, 0.05) is 12.4 Å². The number of nitrogens with zero attached hydrogens (tertiary/aromatic N) is 3. The molecule has 0 aliphatic heterocycles. The molecule has 5 heteroatoms. The Kier molecular flexibility index (Phi) is 2.74. The van der Waals surface area contributed by atoms with Gasteiger partial charge in [-0.25, -0.2) is 9.97 Å². The van der Waals surface area contributed by atoms with E-state index < -0.39 is 5.95 Å². The molecule has 0 amide bonds. The zero-order valence-corrected chi connectivity index (χ0v) is 8.09. The molecular weight excluding hydrogens is 209 g/mol. The van der Waals surface area contributed by atoms with Crippen LogP contribution in [0.5, 0.6) is 11.6 Å². The van der Waals surface area contributed by atoms with Gasteiger partial charge in [-0.3, -0.25) is 0 Å². The molecule has 2 aromatic rings. The number of pyridine rings is 2. The van der Waals surface area contributed by atoms with Crippen molar-refractivity contribution in [3.05, 3.63) is 48.2 Å². The molecule has 0 spiro atoms. The lowest BCUT2D eigenvalue weighted by Gasteiger charge is -2.05. The lowest BCUT2D eigenvalue weighted by atomic mass is 10.3. The van der Waals surface area contributed by atoms with E-state index in [9.17, 15) is 4.39 Å². The second kappa shape index (κ2) is 4.36. The van der Waals surface area contributed by atoms with Gasteiger partial charge in [0.15, 0.2) is 5.75 Å². The lowest BCUT2D eigenvalue weighted by molar-refractivity contribution is 0.415. The van der Waals surface area contributed by atoms with Crippen LogP contribution in [0, 0.1) is 17.3 Å². The minimum Gasteiger partial charge on any atom is -0.433 e. The van der Waals surface area contributed by atoms with E-state index >= 15 is 0 Å². The Morgan fingerprint density at radius 3 is 2.69 bits per heavy atom. The summed E-state index contributed by atoms with van der Waals surface area (Å²) < 4.78 is 18.3. The first kappa shape index (κ1) is 10.1. The summed E-state index contributed by atoms with van der Waals surface area (Å²) in [7, 11) is 0. The molecule has 0 saturated heterocycles. The number of nitriles is 1. The maximum atomic E-state index is 13.2. The molecule has 0 atom stereocenters. The molecule has 0 bridgehead atoms. The monoisotopic (exact) mass is 215 g/mol. The van der Waals surface area contributed by atoms with Crippen LogP contribution in [0.2, 0.25) is 0 Å². The summed E-state index contributed by atoms with van der Waals surface area (Å²) in [5, 5.41) is 8.79. The number of rotatable bonds is 2. The SMILES string of the molecule is N#Cc1cccnc1Oc1cccnc1F. The normalized spacial score (nSPS) is 9.50. The molecule has 0 aliphatic carbocycles. The third-order valence-corrected chi connectivity index (χ3v) is 1.82. The van der Waals surface area contributed by atoms with E-state index in [1.54, 1.807) is 6.07 Å². The smallest absolute Gasteiger partial charge is 0.255 e. The highest BCUT2D eigenvalue weighted by Gasteiger charge is 2.09. The van der Waals surface area contributed by atoms with Gasteiger partial charge in [-0.1, -0.05) is 0 Å². The van der Waals surface area contributed by atoms with Crippen LogP contribution in [-0.2, 0) is 0 Å². The van der Waals surface area contributed by atoms with Crippen LogP contribution >= 0.6 is 0 Å². The zero-order valence-electron chi connectivity index (χ0n) is 8.09. The first-order chi connectivity index (χ1) is 7.81. The Morgan fingerprint density at radius 1 is 1.19 bits per heavy atom.